The molecule has 7 heavy (non-hydrogen) atoms. The van der Waals surface area contributed by atoms with Gasteiger partial charge in [-0.15, -0.1) is 0 Å². The Balaban J connectivity index is 2.30. The van der Waals surface area contributed by atoms with Gasteiger partial charge in [-0.3, -0.25) is 0 Å². The van der Waals surface area contributed by atoms with Crippen LogP contribution in [0.25, 0.3) is 0 Å². The minimum Gasteiger partial charge on any atom is -0.0889 e. The van der Waals surface area contributed by atoms with E-state index in [1.54, 1.807) is 0 Å². The third-order valence-corrected chi connectivity index (χ3v) is 2.59. The van der Waals surface area contributed by atoms with Gasteiger partial charge in [-0.1, -0.05) is 17.7 Å². The molecule has 0 aromatic heterocycles. The van der Waals surface area contributed by atoms with Crippen LogP contribution in [0.3, 0.4) is 0 Å². The highest BCUT2D eigenvalue weighted by Crippen LogP contribution is 2.62. The fourth-order valence-corrected chi connectivity index (χ4v) is 1.41. The first-order valence-electron chi connectivity index (χ1n) is 2.70. The highest BCUT2D eigenvalue weighted by Gasteiger charge is 2.49. The fraction of sp³-hybridized carbons (Fsp3) is 0.667. The van der Waals surface area contributed by atoms with Crippen LogP contribution < -0.4 is 0 Å². The molecule has 0 heterocycles. The molecule has 0 saturated heterocycles. The zero-order valence-corrected chi connectivity index (χ0v) is 4.83. The standard InChI is InChI=1S/C6H7Cl/c7-5-1-2-6(5)3-4-6/h1H,2-4H2. The van der Waals surface area contributed by atoms with Crippen molar-refractivity contribution in [3.63, 3.8) is 0 Å². The van der Waals surface area contributed by atoms with Gasteiger partial charge in [-0.05, 0) is 19.3 Å². The molecule has 2 aliphatic carbocycles. The number of allylic oxidation sites excluding steroid dienone is 2. The van der Waals surface area contributed by atoms with Gasteiger partial charge < -0.3 is 0 Å². The van der Waals surface area contributed by atoms with E-state index in [-0.39, 0.29) is 0 Å². The molecule has 1 spiro atoms. The average Bonchev–Trinajstić information content (AvgIpc) is 2.40. The van der Waals surface area contributed by atoms with Crippen LogP contribution in [-0.4, -0.2) is 0 Å². The Morgan fingerprint density at radius 1 is 1.57 bits per heavy atom. The van der Waals surface area contributed by atoms with Crippen LogP contribution in [0, 0.1) is 5.41 Å². The highest BCUT2D eigenvalue weighted by molar-refractivity contribution is 6.31. The van der Waals surface area contributed by atoms with E-state index in [2.05, 4.69) is 6.08 Å². The molecule has 1 heteroatoms. The summed E-state index contributed by atoms with van der Waals surface area (Å²) in [4.78, 5) is 0. The van der Waals surface area contributed by atoms with Crippen molar-refractivity contribution in [1.82, 2.24) is 0 Å². The molecular weight excluding hydrogens is 108 g/mol. The summed E-state index contributed by atoms with van der Waals surface area (Å²) in [5, 5.41) is 1.13. The van der Waals surface area contributed by atoms with Crippen LogP contribution in [0.1, 0.15) is 19.3 Å². The van der Waals surface area contributed by atoms with Crippen LogP contribution in [0.4, 0.5) is 0 Å². The summed E-state index contributed by atoms with van der Waals surface area (Å²) >= 11 is 5.76. The SMILES string of the molecule is ClC1=CCC12CC2. The second-order valence-electron chi connectivity index (χ2n) is 2.54. The second-order valence-corrected chi connectivity index (χ2v) is 2.94. The highest BCUT2D eigenvalue weighted by atomic mass is 35.5. The molecule has 0 aromatic carbocycles. The predicted molar refractivity (Wildman–Crippen MR) is 30.2 cm³/mol. The third kappa shape index (κ3) is 0.338. The molecule has 0 atom stereocenters. The number of hydrogen-bond acceptors (Lipinski definition) is 0. The normalized spacial score (nSPS) is 31.9. The van der Waals surface area contributed by atoms with Gasteiger partial charge in [0.2, 0.25) is 0 Å². The zero-order valence-electron chi connectivity index (χ0n) is 4.08. The minimum absolute atomic E-state index is 0.557. The Hall–Kier alpha value is 0.0300. The summed E-state index contributed by atoms with van der Waals surface area (Å²) in [6.07, 6.45) is 6.07. The van der Waals surface area contributed by atoms with E-state index in [9.17, 15) is 0 Å². The van der Waals surface area contributed by atoms with Crippen LogP contribution in [-0.2, 0) is 0 Å². The van der Waals surface area contributed by atoms with E-state index in [0.29, 0.717) is 5.41 Å². The first-order chi connectivity index (χ1) is 3.33. The lowest BCUT2D eigenvalue weighted by Gasteiger charge is -2.20. The number of rotatable bonds is 0. The molecule has 2 rings (SSSR count). The van der Waals surface area contributed by atoms with E-state index in [0.717, 1.165) is 5.03 Å². The summed E-state index contributed by atoms with van der Waals surface area (Å²) in [5.41, 5.74) is 0.557. The lowest BCUT2D eigenvalue weighted by molar-refractivity contribution is 0.587. The summed E-state index contributed by atoms with van der Waals surface area (Å²) < 4.78 is 0. The summed E-state index contributed by atoms with van der Waals surface area (Å²) in [7, 11) is 0. The van der Waals surface area contributed by atoms with E-state index in [4.69, 9.17) is 11.6 Å². The molecule has 0 bridgehead atoms. The lowest BCUT2D eigenvalue weighted by atomic mass is 9.92. The van der Waals surface area contributed by atoms with E-state index in [1.165, 1.54) is 19.3 Å². The molecule has 0 nitrogen and oxygen atoms in total. The molecule has 0 amide bonds. The van der Waals surface area contributed by atoms with Crippen LogP contribution in [0.15, 0.2) is 11.1 Å². The van der Waals surface area contributed by atoms with Gasteiger partial charge in [0.05, 0.1) is 0 Å². The number of hydrogen-bond donors (Lipinski definition) is 0. The molecule has 1 fully saturated rings. The molecule has 0 aliphatic heterocycles. The average molecular weight is 115 g/mol. The van der Waals surface area contributed by atoms with Gasteiger partial charge in [0, 0.05) is 10.4 Å². The molecular formula is C6H7Cl. The first-order valence-corrected chi connectivity index (χ1v) is 3.07. The first kappa shape index (κ1) is 3.96. The Kier molecular flexibility index (Phi) is 0.509. The van der Waals surface area contributed by atoms with Crippen molar-refractivity contribution < 1.29 is 0 Å². The Morgan fingerprint density at radius 3 is 2.29 bits per heavy atom. The van der Waals surface area contributed by atoms with Crippen LogP contribution in [0.5, 0.6) is 0 Å². The largest absolute Gasteiger partial charge is 0.0889 e. The van der Waals surface area contributed by atoms with E-state index >= 15 is 0 Å². The van der Waals surface area contributed by atoms with Crippen molar-refractivity contribution in [2.24, 2.45) is 5.41 Å². The Morgan fingerprint density at radius 2 is 2.29 bits per heavy atom. The topological polar surface area (TPSA) is 0 Å². The maximum atomic E-state index is 5.76. The van der Waals surface area contributed by atoms with Crippen LogP contribution in [0.2, 0.25) is 0 Å². The number of halogens is 1. The van der Waals surface area contributed by atoms with Gasteiger partial charge in [0.25, 0.3) is 0 Å². The van der Waals surface area contributed by atoms with E-state index < -0.39 is 0 Å². The van der Waals surface area contributed by atoms with Crippen molar-refractivity contribution in [1.29, 1.82) is 0 Å². The predicted octanol–water partition coefficient (Wildman–Crippen LogP) is 2.29. The molecule has 0 aromatic rings. The van der Waals surface area contributed by atoms with Gasteiger partial charge in [0.15, 0.2) is 0 Å². The smallest absolute Gasteiger partial charge is 0.0206 e. The Bertz CT molecular complexity index is 131. The summed E-state index contributed by atoms with van der Waals surface area (Å²) in [6.45, 7) is 0. The molecule has 0 unspecified atom stereocenters. The van der Waals surface area contributed by atoms with Crippen LogP contribution >= 0.6 is 11.6 Å². The molecule has 0 radical (unpaired) electrons. The lowest BCUT2D eigenvalue weighted by Crippen LogP contribution is -2.07. The summed E-state index contributed by atoms with van der Waals surface area (Å²) in [5.74, 6) is 0. The van der Waals surface area contributed by atoms with E-state index in [1.807, 2.05) is 0 Å². The van der Waals surface area contributed by atoms with Gasteiger partial charge in [-0.2, -0.15) is 0 Å². The second kappa shape index (κ2) is 0.899. The van der Waals surface area contributed by atoms with Crippen molar-refractivity contribution >= 4 is 11.6 Å². The Labute approximate surface area is 48.2 Å². The van der Waals surface area contributed by atoms with Crippen molar-refractivity contribution in [2.75, 3.05) is 0 Å². The maximum Gasteiger partial charge on any atom is 0.0206 e. The fourth-order valence-electron chi connectivity index (χ4n) is 1.06. The molecule has 1 saturated carbocycles. The quantitative estimate of drug-likeness (QED) is 0.453. The van der Waals surface area contributed by atoms with Crippen molar-refractivity contribution in [2.45, 2.75) is 19.3 Å². The monoisotopic (exact) mass is 114 g/mol. The zero-order chi connectivity index (χ0) is 4.91. The molecule has 38 valence electrons. The molecule has 0 N–H and O–H groups in total. The molecule has 2 aliphatic rings. The van der Waals surface area contributed by atoms with Gasteiger partial charge in [-0.25, -0.2) is 0 Å². The van der Waals surface area contributed by atoms with Crippen molar-refractivity contribution in [3.05, 3.63) is 11.1 Å². The maximum absolute atomic E-state index is 5.76. The van der Waals surface area contributed by atoms with Gasteiger partial charge >= 0.3 is 0 Å². The summed E-state index contributed by atoms with van der Waals surface area (Å²) in [6, 6.07) is 0. The van der Waals surface area contributed by atoms with Crippen molar-refractivity contribution in [3.8, 4) is 0 Å². The minimum atomic E-state index is 0.557. The van der Waals surface area contributed by atoms with Gasteiger partial charge in [0.1, 0.15) is 0 Å². The third-order valence-electron chi connectivity index (χ3n) is 2.03.